The standard InChI is InChI=1S/C17H21FN2O7S/c1-8-9(6-11(15(22)28)19-16(23)27-17(2,3)4)12(20(24)25)7-10(13(8)18)14(21)26-5/h7,11H,6H2,1-5H3,(H,19,23)(H,22,28). The van der Waals surface area contributed by atoms with Crippen LogP contribution in [0.1, 0.15) is 42.3 Å². The normalized spacial score (nSPS) is 12.1. The Bertz CT molecular complexity index is 821. The summed E-state index contributed by atoms with van der Waals surface area (Å²) in [5, 5.41) is 12.9. The molecule has 1 atom stereocenters. The van der Waals surface area contributed by atoms with Gasteiger partial charge < -0.3 is 14.8 Å². The van der Waals surface area contributed by atoms with Gasteiger partial charge in [-0.1, -0.05) is 0 Å². The number of hydrogen-bond donors (Lipinski definition) is 2. The molecule has 1 aromatic carbocycles. The van der Waals surface area contributed by atoms with Crippen molar-refractivity contribution < 1.29 is 33.2 Å². The number of carbonyl (C=O) groups is 3. The topological polar surface area (TPSA) is 125 Å². The number of hydrogen-bond acceptors (Lipinski definition) is 7. The van der Waals surface area contributed by atoms with Crippen LogP contribution in [0.2, 0.25) is 0 Å². The van der Waals surface area contributed by atoms with E-state index in [1.54, 1.807) is 20.8 Å². The van der Waals surface area contributed by atoms with E-state index in [9.17, 15) is 28.9 Å². The van der Waals surface area contributed by atoms with Crippen LogP contribution in [0.5, 0.6) is 0 Å². The number of thiol groups is 1. The third kappa shape index (κ3) is 5.91. The molecule has 154 valence electrons. The number of methoxy groups -OCH3 is 1. The van der Waals surface area contributed by atoms with Gasteiger partial charge in [0.15, 0.2) is 0 Å². The number of esters is 1. The number of nitrogens with one attached hydrogen (secondary N) is 1. The summed E-state index contributed by atoms with van der Waals surface area (Å²) in [5.41, 5.74) is -2.43. The van der Waals surface area contributed by atoms with Crippen LogP contribution in [0, 0.1) is 22.9 Å². The van der Waals surface area contributed by atoms with Crippen LogP contribution in [0.15, 0.2) is 6.07 Å². The highest BCUT2D eigenvalue weighted by Gasteiger charge is 2.30. The molecule has 0 aromatic heterocycles. The van der Waals surface area contributed by atoms with E-state index < -0.39 is 57.2 Å². The van der Waals surface area contributed by atoms with Crippen LogP contribution in [-0.2, 0) is 20.7 Å². The van der Waals surface area contributed by atoms with Crippen molar-refractivity contribution in [2.75, 3.05) is 7.11 Å². The molecule has 0 bridgehead atoms. The molecule has 1 amide bonds. The Hall–Kier alpha value is -2.69. The zero-order valence-electron chi connectivity index (χ0n) is 16.0. The zero-order valence-corrected chi connectivity index (χ0v) is 16.9. The first-order valence-corrected chi connectivity index (χ1v) is 8.50. The zero-order chi connectivity index (χ0) is 21.8. The fourth-order valence-electron chi connectivity index (χ4n) is 2.35. The number of nitrogens with zero attached hydrogens (tertiary/aromatic N) is 1. The number of nitro groups is 1. The smallest absolute Gasteiger partial charge is 0.408 e. The van der Waals surface area contributed by atoms with Gasteiger partial charge in [-0.05, 0) is 33.3 Å². The minimum atomic E-state index is -1.32. The maximum atomic E-state index is 14.5. The van der Waals surface area contributed by atoms with E-state index in [4.69, 9.17) is 4.74 Å². The fraction of sp³-hybridized carbons (Fsp3) is 0.471. The largest absolute Gasteiger partial charge is 0.465 e. The first-order chi connectivity index (χ1) is 12.8. The van der Waals surface area contributed by atoms with Crippen LogP contribution in [0.3, 0.4) is 0 Å². The van der Waals surface area contributed by atoms with E-state index in [0.717, 1.165) is 13.2 Å². The summed E-state index contributed by atoms with van der Waals surface area (Å²) in [6.45, 7) is 6.05. The maximum Gasteiger partial charge on any atom is 0.408 e. The minimum Gasteiger partial charge on any atom is -0.465 e. The van der Waals surface area contributed by atoms with Gasteiger partial charge >= 0.3 is 12.1 Å². The lowest BCUT2D eigenvalue weighted by molar-refractivity contribution is -0.385. The molecule has 1 N–H and O–H groups in total. The molecule has 9 nitrogen and oxygen atoms in total. The summed E-state index contributed by atoms with van der Waals surface area (Å²) in [4.78, 5) is 46.0. The van der Waals surface area contributed by atoms with E-state index in [0.29, 0.717) is 0 Å². The molecule has 0 aliphatic carbocycles. The fourth-order valence-corrected chi connectivity index (χ4v) is 2.50. The number of amides is 1. The van der Waals surface area contributed by atoms with Crippen molar-refractivity contribution in [2.45, 2.75) is 45.8 Å². The second-order valence-corrected chi connectivity index (χ2v) is 7.29. The highest BCUT2D eigenvalue weighted by atomic mass is 32.1. The Morgan fingerprint density at radius 2 is 1.93 bits per heavy atom. The molecule has 0 saturated heterocycles. The summed E-state index contributed by atoms with van der Waals surface area (Å²) in [7, 11) is 1.01. The molecule has 28 heavy (non-hydrogen) atoms. The Labute approximate surface area is 166 Å². The van der Waals surface area contributed by atoms with E-state index in [-0.39, 0.29) is 11.1 Å². The van der Waals surface area contributed by atoms with Crippen molar-refractivity contribution in [3.8, 4) is 0 Å². The predicted molar refractivity (Wildman–Crippen MR) is 100.0 cm³/mol. The van der Waals surface area contributed by atoms with Crippen molar-refractivity contribution in [2.24, 2.45) is 0 Å². The number of alkyl carbamates (subject to hydrolysis) is 1. The SMILES string of the molecule is COC(=O)c1cc([N+](=O)[O-])c(CC(NC(=O)OC(C)(C)C)C(=O)S)c(C)c1F. The number of carbonyl (C=O) groups excluding carboxylic acids is 3. The lowest BCUT2D eigenvalue weighted by atomic mass is 9.96. The number of rotatable bonds is 6. The first kappa shape index (κ1) is 23.3. The Morgan fingerprint density at radius 3 is 2.36 bits per heavy atom. The maximum absolute atomic E-state index is 14.5. The molecule has 0 heterocycles. The van der Waals surface area contributed by atoms with Crippen LogP contribution in [-0.4, -0.2) is 40.9 Å². The number of benzene rings is 1. The van der Waals surface area contributed by atoms with Gasteiger partial charge in [0.25, 0.3) is 5.69 Å². The second-order valence-electron chi connectivity index (χ2n) is 6.85. The number of nitro benzene ring substituents is 1. The van der Waals surface area contributed by atoms with Crippen LogP contribution < -0.4 is 5.32 Å². The minimum absolute atomic E-state index is 0.168. The molecular weight excluding hydrogens is 395 g/mol. The average molecular weight is 416 g/mol. The summed E-state index contributed by atoms with van der Waals surface area (Å²) >= 11 is 3.68. The Kier molecular flexibility index (Phi) is 7.51. The average Bonchev–Trinajstić information content (AvgIpc) is 2.55. The third-order valence-corrected chi connectivity index (χ3v) is 3.92. The molecule has 11 heteroatoms. The van der Waals surface area contributed by atoms with Gasteiger partial charge in [-0.2, -0.15) is 0 Å². The van der Waals surface area contributed by atoms with Gasteiger partial charge in [0.1, 0.15) is 23.0 Å². The molecule has 0 fully saturated rings. The van der Waals surface area contributed by atoms with Gasteiger partial charge in [-0.3, -0.25) is 14.9 Å². The van der Waals surface area contributed by atoms with Gasteiger partial charge in [-0.25, -0.2) is 14.0 Å². The number of ether oxygens (including phenoxy) is 2. The number of halogens is 1. The molecule has 0 spiro atoms. The van der Waals surface area contributed by atoms with Crippen molar-refractivity contribution in [3.63, 3.8) is 0 Å². The molecular formula is C17H21FN2O7S. The molecule has 0 aliphatic rings. The molecule has 1 unspecified atom stereocenters. The monoisotopic (exact) mass is 416 g/mol. The van der Waals surface area contributed by atoms with E-state index >= 15 is 0 Å². The molecule has 1 rings (SSSR count). The highest BCUT2D eigenvalue weighted by molar-refractivity contribution is 7.96. The molecule has 0 aliphatic heterocycles. The first-order valence-electron chi connectivity index (χ1n) is 8.05. The molecule has 1 aromatic rings. The van der Waals surface area contributed by atoms with Crippen LogP contribution >= 0.6 is 12.6 Å². The van der Waals surface area contributed by atoms with Crippen LogP contribution in [0.4, 0.5) is 14.9 Å². The van der Waals surface area contributed by atoms with Crippen molar-refractivity contribution in [1.82, 2.24) is 5.32 Å². The van der Waals surface area contributed by atoms with Crippen molar-refractivity contribution in [3.05, 3.63) is 38.7 Å². The lowest BCUT2D eigenvalue weighted by Crippen LogP contribution is -2.43. The quantitative estimate of drug-likeness (QED) is 0.316. The van der Waals surface area contributed by atoms with E-state index in [1.807, 2.05) is 0 Å². The Morgan fingerprint density at radius 1 is 1.36 bits per heavy atom. The summed E-state index contributed by atoms with van der Waals surface area (Å²) in [6, 6.07) is -0.587. The lowest BCUT2D eigenvalue weighted by Gasteiger charge is -2.22. The third-order valence-electron chi connectivity index (χ3n) is 3.61. The van der Waals surface area contributed by atoms with Gasteiger partial charge in [0.05, 0.1) is 12.0 Å². The van der Waals surface area contributed by atoms with Gasteiger partial charge in [0, 0.05) is 18.1 Å². The van der Waals surface area contributed by atoms with Crippen molar-refractivity contribution >= 4 is 35.5 Å². The summed E-state index contributed by atoms with van der Waals surface area (Å²) in [6.07, 6.45) is -1.37. The van der Waals surface area contributed by atoms with E-state index in [2.05, 4.69) is 22.7 Å². The van der Waals surface area contributed by atoms with Crippen molar-refractivity contribution in [1.29, 1.82) is 0 Å². The van der Waals surface area contributed by atoms with Gasteiger partial charge in [0.2, 0.25) is 5.12 Å². The van der Waals surface area contributed by atoms with Crippen LogP contribution in [0.25, 0.3) is 0 Å². The summed E-state index contributed by atoms with van der Waals surface area (Å²) in [5.74, 6) is -2.10. The molecule has 0 radical (unpaired) electrons. The highest BCUT2D eigenvalue weighted by Crippen LogP contribution is 2.29. The predicted octanol–water partition coefficient (Wildman–Crippen LogP) is 2.72. The Balaban J connectivity index is 3.34. The van der Waals surface area contributed by atoms with E-state index in [1.165, 1.54) is 6.92 Å². The summed E-state index contributed by atoms with van der Waals surface area (Å²) < 4.78 is 24.0. The van der Waals surface area contributed by atoms with Gasteiger partial charge in [-0.15, -0.1) is 12.6 Å². The molecule has 0 saturated carbocycles. The second kappa shape index (κ2) is 9.00.